The zero-order valence-electron chi connectivity index (χ0n) is 10.8. The highest BCUT2D eigenvalue weighted by Gasteiger charge is 2.19. The highest BCUT2D eigenvalue weighted by molar-refractivity contribution is 9.10. The van der Waals surface area contributed by atoms with E-state index in [1.54, 1.807) is 0 Å². The molecule has 0 unspecified atom stereocenters. The number of carbonyl (C=O) groups excluding carboxylic acids is 1. The summed E-state index contributed by atoms with van der Waals surface area (Å²) in [5, 5.41) is 2.45. The fraction of sp³-hybridized carbons (Fsp3) is 0.462. The standard InChI is InChI=1S/C13H16BrF2N3O/c14-9-5-12(11(16)6-10(9)15)18-13(20)7-19-3-1-8(17)2-4-19/h5-6,8H,1-4,7,17H2,(H,18,20). The molecule has 0 aromatic heterocycles. The summed E-state index contributed by atoms with van der Waals surface area (Å²) in [5.41, 5.74) is 5.75. The van der Waals surface area contributed by atoms with Gasteiger partial charge in [-0.25, -0.2) is 8.78 Å². The van der Waals surface area contributed by atoms with Gasteiger partial charge in [-0.05, 0) is 34.8 Å². The predicted octanol–water partition coefficient (Wildman–Crippen LogP) is 2.09. The Morgan fingerprint density at radius 2 is 2.00 bits per heavy atom. The van der Waals surface area contributed by atoms with Crippen LogP contribution in [-0.4, -0.2) is 36.5 Å². The molecule has 4 nitrogen and oxygen atoms in total. The third-order valence-corrected chi connectivity index (χ3v) is 3.89. The van der Waals surface area contributed by atoms with Crippen molar-refractivity contribution in [1.29, 1.82) is 0 Å². The van der Waals surface area contributed by atoms with Gasteiger partial charge in [-0.1, -0.05) is 0 Å². The third kappa shape index (κ3) is 3.97. The van der Waals surface area contributed by atoms with Crippen LogP contribution in [0.25, 0.3) is 0 Å². The molecule has 0 bridgehead atoms. The van der Waals surface area contributed by atoms with Crippen LogP contribution in [0.2, 0.25) is 0 Å². The Kier molecular flexibility index (Phi) is 5.06. The first-order valence-corrected chi connectivity index (χ1v) is 7.17. The maximum atomic E-state index is 13.5. The number of nitrogens with one attached hydrogen (secondary N) is 1. The predicted molar refractivity (Wildman–Crippen MR) is 76.3 cm³/mol. The van der Waals surface area contributed by atoms with Crippen molar-refractivity contribution < 1.29 is 13.6 Å². The maximum Gasteiger partial charge on any atom is 0.238 e. The highest BCUT2D eigenvalue weighted by atomic mass is 79.9. The van der Waals surface area contributed by atoms with Gasteiger partial charge in [-0.15, -0.1) is 0 Å². The first-order chi connectivity index (χ1) is 9.45. The molecule has 1 saturated heterocycles. The molecular weight excluding hydrogens is 332 g/mol. The SMILES string of the molecule is NC1CCN(CC(=O)Nc2cc(Br)c(F)cc2F)CC1. The van der Waals surface area contributed by atoms with E-state index in [-0.39, 0.29) is 28.7 Å². The Labute approximate surface area is 124 Å². The van der Waals surface area contributed by atoms with Crippen molar-refractivity contribution in [2.75, 3.05) is 25.0 Å². The molecule has 20 heavy (non-hydrogen) atoms. The number of likely N-dealkylation sites (tertiary alicyclic amines) is 1. The number of rotatable bonds is 3. The zero-order chi connectivity index (χ0) is 14.7. The Balaban J connectivity index is 1.93. The minimum atomic E-state index is -0.792. The average Bonchev–Trinajstić information content (AvgIpc) is 2.39. The fourth-order valence-corrected chi connectivity index (χ4v) is 2.47. The molecule has 110 valence electrons. The van der Waals surface area contributed by atoms with Gasteiger partial charge in [-0.3, -0.25) is 9.69 Å². The van der Waals surface area contributed by atoms with Gasteiger partial charge in [0.15, 0.2) is 0 Å². The van der Waals surface area contributed by atoms with E-state index in [1.807, 2.05) is 4.90 Å². The van der Waals surface area contributed by atoms with Crippen LogP contribution in [0, 0.1) is 11.6 Å². The van der Waals surface area contributed by atoms with E-state index in [0.29, 0.717) is 0 Å². The summed E-state index contributed by atoms with van der Waals surface area (Å²) in [6.45, 7) is 1.69. The van der Waals surface area contributed by atoms with Crippen LogP contribution in [0.1, 0.15) is 12.8 Å². The molecule has 3 N–H and O–H groups in total. The number of hydrogen-bond acceptors (Lipinski definition) is 3. The molecule has 1 aromatic rings. The van der Waals surface area contributed by atoms with E-state index in [9.17, 15) is 13.6 Å². The molecule has 0 atom stereocenters. The minimum Gasteiger partial charge on any atom is -0.328 e. The number of halogens is 3. The summed E-state index contributed by atoms with van der Waals surface area (Å²) in [6.07, 6.45) is 1.70. The number of benzene rings is 1. The molecule has 0 saturated carbocycles. The molecule has 1 aliphatic heterocycles. The fourth-order valence-electron chi connectivity index (χ4n) is 2.12. The second kappa shape index (κ2) is 6.60. The lowest BCUT2D eigenvalue weighted by atomic mass is 10.1. The number of hydrogen-bond donors (Lipinski definition) is 2. The van der Waals surface area contributed by atoms with Crippen molar-refractivity contribution in [3.05, 3.63) is 28.2 Å². The number of anilines is 1. The summed E-state index contributed by atoms with van der Waals surface area (Å²) < 4.78 is 26.7. The van der Waals surface area contributed by atoms with Gasteiger partial charge in [0.1, 0.15) is 11.6 Å². The maximum absolute atomic E-state index is 13.5. The summed E-state index contributed by atoms with van der Waals surface area (Å²) in [6, 6.07) is 2.15. The monoisotopic (exact) mass is 347 g/mol. The van der Waals surface area contributed by atoms with Crippen molar-refractivity contribution in [2.24, 2.45) is 5.73 Å². The van der Waals surface area contributed by atoms with Crippen molar-refractivity contribution in [1.82, 2.24) is 4.90 Å². The van der Waals surface area contributed by atoms with Gasteiger partial charge in [0.05, 0.1) is 16.7 Å². The Bertz CT molecular complexity index is 505. The van der Waals surface area contributed by atoms with E-state index >= 15 is 0 Å². The van der Waals surface area contributed by atoms with Crippen LogP contribution in [0.4, 0.5) is 14.5 Å². The molecule has 1 fully saturated rings. The normalized spacial score (nSPS) is 17.2. The lowest BCUT2D eigenvalue weighted by molar-refractivity contribution is -0.117. The molecule has 0 aliphatic carbocycles. The number of carbonyl (C=O) groups is 1. The molecule has 2 rings (SSSR count). The van der Waals surface area contributed by atoms with E-state index in [2.05, 4.69) is 21.2 Å². The number of amides is 1. The Morgan fingerprint density at radius 3 is 2.65 bits per heavy atom. The van der Waals surface area contributed by atoms with E-state index in [1.165, 1.54) is 6.07 Å². The van der Waals surface area contributed by atoms with E-state index < -0.39 is 11.6 Å². The molecule has 1 aliphatic rings. The minimum absolute atomic E-state index is 0.0306. The second-order valence-corrected chi connectivity index (χ2v) is 5.76. The van der Waals surface area contributed by atoms with Gasteiger partial charge >= 0.3 is 0 Å². The topological polar surface area (TPSA) is 58.4 Å². The molecule has 7 heteroatoms. The van der Waals surface area contributed by atoms with Crippen LogP contribution in [0.3, 0.4) is 0 Å². The van der Waals surface area contributed by atoms with E-state index in [0.717, 1.165) is 32.0 Å². The number of nitrogens with zero attached hydrogens (tertiary/aromatic N) is 1. The third-order valence-electron chi connectivity index (χ3n) is 3.28. The molecule has 1 heterocycles. The van der Waals surface area contributed by atoms with Crippen molar-refractivity contribution in [3.8, 4) is 0 Å². The van der Waals surface area contributed by atoms with Crippen molar-refractivity contribution >= 4 is 27.5 Å². The van der Waals surface area contributed by atoms with Gasteiger partial charge in [0, 0.05) is 25.2 Å². The first-order valence-electron chi connectivity index (χ1n) is 6.38. The van der Waals surface area contributed by atoms with Gasteiger partial charge in [-0.2, -0.15) is 0 Å². The quantitative estimate of drug-likeness (QED) is 0.823. The Hall–Kier alpha value is -1.05. The number of piperidine rings is 1. The molecular formula is C13H16BrF2N3O. The molecule has 0 spiro atoms. The van der Waals surface area contributed by atoms with Gasteiger partial charge in [0.2, 0.25) is 5.91 Å². The molecule has 1 amide bonds. The van der Waals surface area contributed by atoms with E-state index in [4.69, 9.17) is 5.73 Å². The van der Waals surface area contributed by atoms with Crippen molar-refractivity contribution in [2.45, 2.75) is 18.9 Å². The first kappa shape index (κ1) is 15.3. The van der Waals surface area contributed by atoms with Crippen LogP contribution >= 0.6 is 15.9 Å². The lowest BCUT2D eigenvalue weighted by Crippen LogP contribution is -2.43. The summed E-state index contributed by atoms with van der Waals surface area (Å²) >= 11 is 2.96. The lowest BCUT2D eigenvalue weighted by Gasteiger charge is -2.29. The summed E-state index contributed by atoms with van der Waals surface area (Å²) in [5.74, 6) is -1.82. The smallest absolute Gasteiger partial charge is 0.238 e. The van der Waals surface area contributed by atoms with Gasteiger partial charge < -0.3 is 11.1 Å². The Morgan fingerprint density at radius 1 is 1.35 bits per heavy atom. The molecule has 0 radical (unpaired) electrons. The largest absolute Gasteiger partial charge is 0.328 e. The van der Waals surface area contributed by atoms with Crippen molar-refractivity contribution in [3.63, 3.8) is 0 Å². The number of nitrogens with two attached hydrogens (primary N) is 1. The second-order valence-electron chi connectivity index (χ2n) is 4.91. The average molecular weight is 348 g/mol. The zero-order valence-corrected chi connectivity index (χ0v) is 12.4. The van der Waals surface area contributed by atoms with Crippen LogP contribution in [-0.2, 0) is 4.79 Å². The van der Waals surface area contributed by atoms with Crippen LogP contribution in [0.15, 0.2) is 16.6 Å². The summed E-state index contributed by atoms with van der Waals surface area (Å²) in [7, 11) is 0. The highest BCUT2D eigenvalue weighted by Crippen LogP contribution is 2.23. The van der Waals surface area contributed by atoms with Crippen LogP contribution < -0.4 is 11.1 Å². The summed E-state index contributed by atoms with van der Waals surface area (Å²) in [4.78, 5) is 13.8. The molecule has 1 aromatic carbocycles. The van der Waals surface area contributed by atoms with Gasteiger partial charge in [0.25, 0.3) is 0 Å². The van der Waals surface area contributed by atoms with Crippen LogP contribution in [0.5, 0.6) is 0 Å².